The molecule has 0 amide bonds. The van der Waals surface area contributed by atoms with Crippen molar-refractivity contribution in [1.82, 2.24) is 0 Å². The van der Waals surface area contributed by atoms with Crippen molar-refractivity contribution in [3.8, 4) is 0 Å². The van der Waals surface area contributed by atoms with E-state index in [1.54, 1.807) is 141 Å². The molecule has 0 aromatic carbocycles. The molecule has 9 saturated carbocycles. The van der Waals surface area contributed by atoms with Crippen molar-refractivity contribution in [3.63, 3.8) is 0 Å². The molecule has 0 heteroatoms. The Bertz CT molecular complexity index is 944. The van der Waals surface area contributed by atoms with Crippen LogP contribution in [0.3, 0.4) is 0 Å². The molecule has 0 heterocycles. The van der Waals surface area contributed by atoms with Crippen LogP contribution in [0, 0.1) is 100 Å². The van der Waals surface area contributed by atoms with Gasteiger partial charge in [0, 0.05) is 0 Å². The molecular weight excluding hydrogens is 492 g/mol. The molecule has 9 fully saturated rings. The largest absolute Gasteiger partial charge is 0.0625 e. The van der Waals surface area contributed by atoms with Gasteiger partial charge in [-0.3, -0.25) is 0 Å². The summed E-state index contributed by atoms with van der Waals surface area (Å²) in [5.74, 6) is 17.8. The molecule has 0 nitrogen and oxygen atoms in total. The Morgan fingerprint density at radius 1 is 0.415 bits per heavy atom. The first-order valence-corrected chi connectivity index (χ1v) is 20.1. The fourth-order valence-electron chi connectivity index (χ4n) is 17.4. The minimum Gasteiger partial charge on any atom is -0.0625 e. The van der Waals surface area contributed by atoms with Gasteiger partial charge >= 0.3 is 0 Å². The van der Waals surface area contributed by atoms with E-state index < -0.39 is 0 Å². The van der Waals surface area contributed by atoms with E-state index >= 15 is 0 Å². The second-order valence-electron chi connectivity index (χ2n) is 19.1. The number of fused-ring (bicyclic) bond motifs is 12. The molecule has 0 aliphatic heterocycles. The molecule has 0 saturated heterocycles. The number of rotatable bonds is 1. The van der Waals surface area contributed by atoms with Crippen LogP contribution in [0.4, 0.5) is 0 Å². The Labute approximate surface area is 254 Å². The van der Waals surface area contributed by atoms with Gasteiger partial charge in [-0.25, -0.2) is 0 Å². The molecule has 41 heavy (non-hydrogen) atoms. The maximum atomic E-state index is 2.81. The third kappa shape index (κ3) is 4.08. The van der Waals surface area contributed by atoms with Gasteiger partial charge in [0.2, 0.25) is 0 Å². The Hall–Kier alpha value is 0. The Morgan fingerprint density at radius 2 is 1.07 bits per heavy atom. The molecule has 1 spiro atoms. The summed E-state index contributed by atoms with van der Waals surface area (Å²) < 4.78 is 0. The Balaban J connectivity index is 1.15. The lowest BCUT2D eigenvalue weighted by molar-refractivity contribution is -0.130. The van der Waals surface area contributed by atoms with Crippen molar-refractivity contribution in [2.24, 2.45) is 100 Å². The predicted molar refractivity (Wildman–Crippen MR) is 171 cm³/mol. The van der Waals surface area contributed by atoms with E-state index in [4.69, 9.17) is 0 Å². The van der Waals surface area contributed by atoms with Crippen molar-refractivity contribution >= 4 is 0 Å². The van der Waals surface area contributed by atoms with Gasteiger partial charge in [0.05, 0.1) is 0 Å². The summed E-state index contributed by atoms with van der Waals surface area (Å²) in [4.78, 5) is 0. The zero-order valence-electron chi connectivity index (χ0n) is 27.3. The average molecular weight is 559 g/mol. The summed E-state index contributed by atoms with van der Waals surface area (Å²) in [5.41, 5.74) is 0.736. The summed E-state index contributed by atoms with van der Waals surface area (Å²) in [6.07, 6.45) is 35.5. The molecule has 0 N–H and O–H groups in total. The fourth-order valence-corrected chi connectivity index (χ4v) is 17.4. The van der Waals surface area contributed by atoms with Crippen molar-refractivity contribution in [2.45, 2.75) is 155 Å². The summed E-state index contributed by atoms with van der Waals surface area (Å²) >= 11 is 0. The van der Waals surface area contributed by atoms with E-state index in [2.05, 4.69) is 13.8 Å². The van der Waals surface area contributed by atoms with Crippen LogP contribution in [0.1, 0.15) is 155 Å². The van der Waals surface area contributed by atoms with Crippen LogP contribution in [-0.4, -0.2) is 0 Å². The lowest BCUT2D eigenvalue weighted by Gasteiger charge is -2.61. The summed E-state index contributed by atoms with van der Waals surface area (Å²) in [6, 6.07) is 0. The first kappa shape index (κ1) is 27.3. The molecule has 16 unspecified atom stereocenters. The first-order valence-electron chi connectivity index (χ1n) is 20.1. The number of hydrogen-bond acceptors (Lipinski definition) is 0. The van der Waals surface area contributed by atoms with Gasteiger partial charge in [0.1, 0.15) is 0 Å². The monoisotopic (exact) mass is 559 g/mol. The molecule has 0 aromatic rings. The second kappa shape index (κ2) is 10.5. The second-order valence-corrected chi connectivity index (χ2v) is 19.1. The topological polar surface area (TPSA) is 0 Å². The molecule has 16 atom stereocenters. The molecule has 0 bridgehead atoms. The van der Waals surface area contributed by atoms with Crippen LogP contribution < -0.4 is 0 Å². The van der Waals surface area contributed by atoms with Gasteiger partial charge in [0.25, 0.3) is 0 Å². The highest BCUT2D eigenvalue weighted by atomic mass is 14.8. The summed E-state index contributed by atoms with van der Waals surface area (Å²) in [5, 5.41) is 0. The lowest BCUT2D eigenvalue weighted by Crippen LogP contribution is -2.55. The summed E-state index contributed by atoms with van der Waals surface area (Å²) in [6.45, 7) is 5.54. The third-order valence-electron chi connectivity index (χ3n) is 17.7. The van der Waals surface area contributed by atoms with Crippen LogP contribution in [-0.2, 0) is 0 Å². The van der Waals surface area contributed by atoms with E-state index in [9.17, 15) is 0 Å². The van der Waals surface area contributed by atoms with E-state index in [0.29, 0.717) is 0 Å². The first-order chi connectivity index (χ1) is 20.1. The fraction of sp³-hybridized carbons (Fsp3) is 1.00. The van der Waals surface area contributed by atoms with Gasteiger partial charge in [-0.15, -0.1) is 0 Å². The zero-order valence-corrected chi connectivity index (χ0v) is 27.3. The molecule has 9 aliphatic carbocycles. The Morgan fingerprint density at radius 3 is 1.90 bits per heavy atom. The highest BCUT2D eigenvalue weighted by Crippen LogP contribution is 2.78. The van der Waals surface area contributed by atoms with Gasteiger partial charge in [-0.05, 0) is 164 Å². The average Bonchev–Trinajstić information content (AvgIpc) is 3.49. The van der Waals surface area contributed by atoms with Crippen molar-refractivity contribution < 1.29 is 0 Å². The molecule has 9 rings (SSSR count). The van der Waals surface area contributed by atoms with Gasteiger partial charge in [-0.2, -0.15) is 0 Å². The minimum absolute atomic E-state index is 0.736. The summed E-state index contributed by atoms with van der Waals surface area (Å²) in [7, 11) is 0. The molecule has 0 aromatic heterocycles. The highest BCUT2D eigenvalue weighted by Gasteiger charge is 2.71. The normalized spacial score (nSPS) is 58.5. The zero-order chi connectivity index (χ0) is 27.3. The van der Waals surface area contributed by atoms with E-state index in [1.807, 2.05) is 0 Å². The highest BCUT2D eigenvalue weighted by molar-refractivity contribution is 5.19. The SMILES string of the molecule is CC1CC(C)C(C2CCCCC2)C2(C1)C1CCC3CC4CC5CCCCC5CC4C3C1C1CCC3CCCCC3C12. The van der Waals surface area contributed by atoms with Crippen LogP contribution in [0.5, 0.6) is 0 Å². The van der Waals surface area contributed by atoms with Crippen LogP contribution >= 0.6 is 0 Å². The van der Waals surface area contributed by atoms with E-state index in [-0.39, 0.29) is 0 Å². The van der Waals surface area contributed by atoms with E-state index in [1.165, 1.54) is 0 Å². The van der Waals surface area contributed by atoms with Gasteiger partial charge in [-0.1, -0.05) is 90.9 Å². The van der Waals surface area contributed by atoms with Crippen molar-refractivity contribution in [2.75, 3.05) is 0 Å². The Kier molecular flexibility index (Phi) is 7.02. The minimum atomic E-state index is 0.736. The third-order valence-corrected chi connectivity index (χ3v) is 17.7. The molecule has 230 valence electrons. The molecular formula is C41H66. The van der Waals surface area contributed by atoms with Crippen LogP contribution in [0.15, 0.2) is 0 Å². The smallest absolute Gasteiger partial charge is 0.0197 e. The molecule has 9 aliphatic rings. The maximum absolute atomic E-state index is 2.81. The quantitative estimate of drug-likeness (QED) is 0.300. The van der Waals surface area contributed by atoms with Crippen LogP contribution in [0.25, 0.3) is 0 Å². The van der Waals surface area contributed by atoms with Gasteiger partial charge in [0.15, 0.2) is 0 Å². The van der Waals surface area contributed by atoms with Crippen molar-refractivity contribution in [1.29, 1.82) is 0 Å². The van der Waals surface area contributed by atoms with E-state index in [0.717, 1.165) is 100 Å². The predicted octanol–water partition coefficient (Wildman–Crippen LogP) is 11.6. The van der Waals surface area contributed by atoms with Gasteiger partial charge < -0.3 is 0 Å². The van der Waals surface area contributed by atoms with Crippen molar-refractivity contribution in [3.05, 3.63) is 0 Å². The van der Waals surface area contributed by atoms with Crippen LogP contribution in [0.2, 0.25) is 0 Å². The lowest BCUT2D eigenvalue weighted by atomic mass is 9.43. The molecule has 0 radical (unpaired) electrons. The maximum Gasteiger partial charge on any atom is -0.0197 e. The standard InChI is InChI=1S/C41H66/c1-25-20-26(2)39(28-11-4-3-5-12-28)41(24-25)36-19-17-31-22-32-21-29-13-6-7-14-30(29)23-35(32)37(31)38(36)34-18-16-27-10-8-9-15-33(27)40(34)41/h25-40H,3-24H2,1-2H3. The number of hydrogen-bond donors (Lipinski definition) is 0.